The molecule has 3 rings (SSSR count). The molecule has 0 unspecified atom stereocenters. The van der Waals surface area contributed by atoms with E-state index in [-0.39, 0.29) is 6.61 Å². The lowest BCUT2D eigenvalue weighted by molar-refractivity contribution is -0.141. The van der Waals surface area contributed by atoms with Crippen LogP contribution in [0.2, 0.25) is 0 Å². The summed E-state index contributed by atoms with van der Waals surface area (Å²) >= 11 is 0. The first-order chi connectivity index (χ1) is 17.2. The molecule has 9 nitrogen and oxygen atoms in total. The maximum atomic E-state index is 10.5. The van der Waals surface area contributed by atoms with Crippen molar-refractivity contribution in [1.82, 2.24) is 0 Å². The highest BCUT2D eigenvalue weighted by Crippen LogP contribution is 2.18. The average molecular weight is 504 g/mol. The number of carboxylic acids is 2. The van der Waals surface area contributed by atoms with Gasteiger partial charge in [0.15, 0.2) is 0 Å². The van der Waals surface area contributed by atoms with Gasteiger partial charge in [-0.1, -0.05) is 73.9 Å². The Morgan fingerprint density at radius 2 is 1.56 bits per heavy atom. The molecule has 2 aromatic carbocycles. The lowest BCUT2D eigenvalue weighted by atomic mass is 9.97. The first kappa shape index (κ1) is 32.9. The lowest BCUT2D eigenvalue weighted by Crippen LogP contribution is -2.30. The van der Waals surface area contributed by atoms with Gasteiger partial charge in [0.2, 0.25) is 0 Å². The number of aliphatic carboxylic acids is 2. The Hall–Kier alpha value is -3.11. The molecule has 1 atom stereocenters. The normalized spacial score (nSPS) is 13.3. The number of carbonyl (C=O) groups excluding carboxylic acids is 1. The van der Waals surface area contributed by atoms with Crippen molar-refractivity contribution < 1.29 is 29.3 Å². The van der Waals surface area contributed by atoms with Crippen molar-refractivity contribution in [3.63, 3.8) is 0 Å². The van der Waals surface area contributed by atoms with Gasteiger partial charge in [0.1, 0.15) is 18.9 Å². The Balaban J connectivity index is 0.000000485. The number of carboxylic acid groups (broad SMARTS) is 2. The summed E-state index contributed by atoms with van der Waals surface area (Å²) in [7, 11) is 1.34. The largest absolute Gasteiger partial charge is 0.480 e. The van der Waals surface area contributed by atoms with E-state index in [1.807, 2.05) is 42.5 Å². The molecule has 1 aliphatic rings. The fourth-order valence-electron chi connectivity index (χ4n) is 3.10. The van der Waals surface area contributed by atoms with Crippen LogP contribution in [0.4, 0.5) is 0 Å². The molecular weight excluding hydrogens is 462 g/mol. The standard InChI is InChI=1S/C13H10O.C6H13N.C5H12N2O2.C3H6O3/c14-10-11-6-8-13(9-7-11)12-4-2-1-3-5-12;7-6-4-2-1-3-5-6;6-3-1-2-4(7)5(8)9;1-6-2-3(4)5/h1-10H;6H,1-5,7H2;4H,1-3,6-7H2,(H,8,9);2H2,1H3,(H,4,5)/t;;4-;/m..0./s1. The van der Waals surface area contributed by atoms with Gasteiger partial charge in [-0.3, -0.25) is 9.59 Å². The van der Waals surface area contributed by atoms with Crippen LogP contribution < -0.4 is 17.2 Å². The van der Waals surface area contributed by atoms with E-state index in [9.17, 15) is 14.4 Å². The molecule has 0 saturated heterocycles. The highest BCUT2D eigenvalue weighted by Gasteiger charge is 2.09. The van der Waals surface area contributed by atoms with E-state index >= 15 is 0 Å². The molecule has 0 amide bonds. The summed E-state index contributed by atoms with van der Waals surface area (Å²) in [6.07, 6.45) is 8.66. The van der Waals surface area contributed by atoms with E-state index in [0.29, 0.717) is 31.0 Å². The van der Waals surface area contributed by atoms with Gasteiger partial charge in [0.25, 0.3) is 0 Å². The molecule has 0 spiro atoms. The van der Waals surface area contributed by atoms with Crippen molar-refractivity contribution in [3.8, 4) is 11.1 Å². The topological polar surface area (TPSA) is 179 Å². The molecule has 200 valence electrons. The second-order valence-electron chi connectivity index (χ2n) is 8.21. The molecule has 0 aliphatic heterocycles. The molecule has 0 heterocycles. The first-order valence-electron chi connectivity index (χ1n) is 12.0. The van der Waals surface area contributed by atoms with Gasteiger partial charge < -0.3 is 32.2 Å². The fourth-order valence-corrected chi connectivity index (χ4v) is 3.10. The zero-order valence-electron chi connectivity index (χ0n) is 21.1. The summed E-state index contributed by atoms with van der Waals surface area (Å²) in [5, 5.41) is 16.0. The van der Waals surface area contributed by atoms with Crippen molar-refractivity contribution in [1.29, 1.82) is 0 Å². The summed E-state index contributed by atoms with van der Waals surface area (Å²) < 4.78 is 4.20. The summed E-state index contributed by atoms with van der Waals surface area (Å²) in [6.45, 7) is 0.293. The Labute approximate surface area is 213 Å². The second-order valence-corrected chi connectivity index (χ2v) is 8.21. The number of benzene rings is 2. The predicted molar refractivity (Wildman–Crippen MR) is 142 cm³/mol. The minimum absolute atomic E-state index is 0.208. The molecular formula is C27H41N3O6. The highest BCUT2D eigenvalue weighted by molar-refractivity contribution is 5.76. The smallest absolute Gasteiger partial charge is 0.329 e. The zero-order valence-corrected chi connectivity index (χ0v) is 21.1. The Bertz CT molecular complexity index is 840. The third kappa shape index (κ3) is 17.3. The lowest BCUT2D eigenvalue weighted by Gasteiger charge is -2.15. The molecule has 1 fully saturated rings. The quantitative estimate of drug-likeness (QED) is 0.338. The fraction of sp³-hybridized carbons (Fsp3) is 0.444. The zero-order chi connectivity index (χ0) is 27.2. The van der Waals surface area contributed by atoms with E-state index in [1.54, 1.807) is 0 Å². The number of ether oxygens (including phenoxy) is 1. The van der Waals surface area contributed by atoms with Gasteiger partial charge in [0.05, 0.1) is 0 Å². The van der Waals surface area contributed by atoms with Gasteiger partial charge in [-0.2, -0.15) is 0 Å². The number of hydrogen-bond acceptors (Lipinski definition) is 7. The van der Waals surface area contributed by atoms with E-state index in [1.165, 1.54) is 44.8 Å². The minimum Gasteiger partial charge on any atom is -0.480 e. The van der Waals surface area contributed by atoms with Crippen LogP contribution in [-0.4, -0.2) is 60.8 Å². The monoisotopic (exact) mass is 503 g/mol. The van der Waals surface area contributed by atoms with Crippen LogP contribution in [0.15, 0.2) is 54.6 Å². The molecule has 0 radical (unpaired) electrons. The summed E-state index contributed by atoms with van der Waals surface area (Å²) in [4.78, 5) is 30.0. The summed E-state index contributed by atoms with van der Waals surface area (Å²) in [5.41, 5.74) is 18.9. The molecule has 9 heteroatoms. The van der Waals surface area contributed by atoms with Crippen molar-refractivity contribution >= 4 is 18.2 Å². The molecule has 1 saturated carbocycles. The van der Waals surface area contributed by atoms with Crippen LogP contribution in [-0.2, 0) is 14.3 Å². The van der Waals surface area contributed by atoms with E-state index in [4.69, 9.17) is 27.4 Å². The first-order valence-corrected chi connectivity index (χ1v) is 12.0. The van der Waals surface area contributed by atoms with Crippen LogP contribution >= 0.6 is 0 Å². The van der Waals surface area contributed by atoms with E-state index in [2.05, 4.69) is 16.9 Å². The number of carbonyl (C=O) groups is 3. The van der Waals surface area contributed by atoms with Crippen LogP contribution in [0.1, 0.15) is 55.3 Å². The minimum atomic E-state index is -0.955. The van der Waals surface area contributed by atoms with Gasteiger partial charge in [-0.15, -0.1) is 0 Å². The van der Waals surface area contributed by atoms with Crippen LogP contribution in [0.5, 0.6) is 0 Å². The van der Waals surface area contributed by atoms with E-state index in [0.717, 1.165) is 11.8 Å². The number of nitrogens with two attached hydrogens (primary N) is 3. The third-order valence-corrected chi connectivity index (χ3v) is 5.11. The van der Waals surface area contributed by atoms with Gasteiger partial charge >= 0.3 is 11.9 Å². The van der Waals surface area contributed by atoms with E-state index < -0.39 is 18.0 Å². The number of rotatable bonds is 8. The third-order valence-electron chi connectivity index (χ3n) is 5.11. The highest BCUT2D eigenvalue weighted by atomic mass is 16.5. The predicted octanol–water partition coefficient (Wildman–Crippen LogP) is 3.30. The Morgan fingerprint density at radius 1 is 1.00 bits per heavy atom. The molecule has 0 bridgehead atoms. The maximum absolute atomic E-state index is 10.5. The summed E-state index contributed by atoms with van der Waals surface area (Å²) in [6, 6.07) is 17.5. The molecule has 36 heavy (non-hydrogen) atoms. The SMILES string of the molecule is COCC(=O)O.NC1CCCCC1.NCCC[C@H](N)C(=O)O.O=Cc1ccc(-c2ccccc2)cc1. The van der Waals surface area contributed by atoms with Gasteiger partial charge in [-0.05, 0) is 43.4 Å². The molecule has 0 aromatic heterocycles. The van der Waals surface area contributed by atoms with Crippen LogP contribution in [0.3, 0.4) is 0 Å². The number of hydrogen-bond donors (Lipinski definition) is 5. The van der Waals surface area contributed by atoms with Crippen molar-refractivity contribution in [2.24, 2.45) is 17.2 Å². The second kappa shape index (κ2) is 21.2. The molecule has 8 N–H and O–H groups in total. The maximum Gasteiger partial charge on any atom is 0.329 e. The number of methoxy groups -OCH3 is 1. The Morgan fingerprint density at radius 3 is 1.92 bits per heavy atom. The van der Waals surface area contributed by atoms with Crippen molar-refractivity contribution in [3.05, 3.63) is 60.2 Å². The average Bonchev–Trinajstić information content (AvgIpc) is 2.89. The number of aldehydes is 1. The van der Waals surface area contributed by atoms with Crippen LogP contribution in [0.25, 0.3) is 11.1 Å². The van der Waals surface area contributed by atoms with Gasteiger partial charge in [-0.25, -0.2) is 4.79 Å². The van der Waals surface area contributed by atoms with Gasteiger partial charge in [0, 0.05) is 18.7 Å². The Kier molecular flexibility index (Phi) is 19.4. The van der Waals surface area contributed by atoms with Crippen molar-refractivity contribution in [2.45, 2.75) is 57.0 Å². The molecule has 1 aliphatic carbocycles. The molecule has 2 aromatic rings. The summed E-state index contributed by atoms with van der Waals surface area (Å²) in [5.74, 6) is -1.89. The van der Waals surface area contributed by atoms with Crippen molar-refractivity contribution in [2.75, 3.05) is 20.3 Å². The van der Waals surface area contributed by atoms with Crippen LogP contribution in [0, 0.1) is 0 Å².